The van der Waals surface area contributed by atoms with Gasteiger partial charge in [-0.3, -0.25) is 10.1 Å². The van der Waals surface area contributed by atoms with E-state index in [0.29, 0.717) is 11.8 Å². The number of hydrazine groups is 1. The molecule has 13 heteroatoms. The fraction of sp³-hybridized carbons (Fsp3) is 0.417. The number of rotatable bonds is 6. The monoisotopic (exact) mass is 395 g/mol. The number of ether oxygens (including phenoxy) is 1. The summed E-state index contributed by atoms with van der Waals surface area (Å²) < 4.78 is 51.7. The first-order valence-corrected chi connectivity index (χ1v) is 10.3. The molecule has 1 aromatic carbocycles. The highest BCUT2D eigenvalue weighted by Gasteiger charge is 2.35. The second kappa shape index (κ2) is 7.33. The molecule has 140 valence electrons. The van der Waals surface area contributed by atoms with Crippen molar-refractivity contribution >= 4 is 31.8 Å². The second-order valence-electron chi connectivity index (χ2n) is 5.08. The zero-order chi connectivity index (χ0) is 19.6. The van der Waals surface area contributed by atoms with Crippen LogP contribution in [0.1, 0.15) is 18.6 Å². The lowest BCUT2D eigenvalue weighted by atomic mass is 10.1. The molecule has 25 heavy (non-hydrogen) atoms. The van der Waals surface area contributed by atoms with Crippen molar-refractivity contribution < 1.29 is 31.3 Å². The molecule has 1 amide bonds. The second-order valence-corrected chi connectivity index (χ2v) is 8.88. The van der Waals surface area contributed by atoms with Gasteiger partial charge in [0.05, 0.1) is 17.4 Å². The Bertz CT molecular complexity index is 864. The van der Waals surface area contributed by atoms with Crippen molar-refractivity contribution in [2.75, 3.05) is 19.6 Å². The van der Waals surface area contributed by atoms with E-state index in [9.17, 15) is 31.7 Å². The molecular formula is C12H17N3O8S2. The smallest absolute Gasteiger partial charge is 0.440 e. The number of benzene rings is 1. The van der Waals surface area contributed by atoms with Crippen molar-refractivity contribution in [1.82, 2.24) is 8.83 Å². The van der Waals surface area contributed by atoms with Crippen LogP contribution in [0, 0.1) is 10.1 Å². The molecule has 0 aromatic heterocycles. The van der Waals surface area contributed by atoms with Crippen LogP contribution in [0.4, 0.5) is 10.5 Å². The normalized spacial score (nSPS) is 13.3. The third-order valence-corrected chi connectivity index (χ3v) is 5.31. The summed E-state index contributed by atoms with van der Waals surface area (Å²) in [5.41, 5.74) is 0.186. The maximum Gasteiger partial charge on any atom is 0.440 e. The molecule has 1 unspecified atom stereocenters. The van der Waals surface area contributed by atoms with E-state index in [1.807, 2.05) is 0 Å². The summed E-state index contributed by atoms with van der Waals surface area (Å²) in [6.07, 6.45) is -1.04. The molecule has 0 saturated carbocycles. The number of carbonyl (C=O) groups excluding carboxylic acids is 1. The van der Waals surface area contributed by atoms with Crippen molar-refractivity contribution in [3.05, 3.63) is 39.9 Å². The number of nitro benzene ring substituents is 1. The molecule has 1 atom stereocenters. The molecule has 0 N–H and O–H groups in total. The zero-order valence-electron chi connectivity index (χ0n) is 13.8. The Morgan fingerprint density at radius 1 is 1.12 bits per heavy atom. The minimum Gasteiger partial charge on any atom is -0.440 e. The Labute approximate surface area is 145 Å². The predicted octanol–water partition coefficient (Wildman–Crippen LogP) is 0.860. The van der Waals surface area contributed by atoms with Gasteiger partial charge in [0.15, 0.2) is 0 Å². The van der Waals surface area contributed by atoms with Crippen molar-refractivity contribution in [2.45, 2.75) is 13.0 Å². The van der Waals surface area contributed by atoms with E-state index in [2.05, 4.69) is 0 Å². The predicted molar refractivity (Wildman–Crippen MR) is 87.3 cm³/mol. The Balaban J connectivity index is 3.05. The van der Waals surface area contributed by atoms with Crippen molar-refractivity contribution in [3.8, 4) is 0 Å². The van der Waals surface area contributed by atoms with Crippen molar-refractivity contribution in [2.24, 2.45) is 0 Å². The van der Waals surface area contributed by atoms with E-state index in [0.717, 1.165) is 13.3 Å². The molecule has 0 saturated heterocycles. The number of nitrogens with zero attached hydrogens (tertiary/aromatic N) is 3. The fourth-order valence-electron chi connectivity index (χ4n) is 1.73. The van der Waals surface area contributed by atoms with E-state index in [1.54, 1.807) is 0 Å². The maximum atomic E-state index is 12.1. The Hall–Kier alpha value is -2.25. The molecule has 0 aliphatic heterocycles. The topological polar surface area (TPSA) is 144 Å². The molecule has 0 bridgehead atoms. The van der Waals surface area contributed by atoms with Crippen LogP contribution in [-0.2, 0) is 24.8 Å². The molecular weight excluding hydrogens is 378 g/mol. The standard InChI is InChI=1S/C12H17N3O8S2/c1-9(10-5-7-11(8-6-10)15(17)18)23-12(16)14(25(4,21)22)13(2)24(3,19)20/h5-9H,1-4H3. The van der Waals surface area contributed by atoms with Crippen LogP contribution < -0.4 is 0 Å². The Morgan fingerprint density at radius 3 is 1.96 bits per heavy atom. The molecule has 0 fully saturated rings. The summed E-state index contributed by atoms with van der Waals surface area (Å²) in [5.74, 6) is 0. The van der Waals surface area contributed by atoms with Gasteiger partial charge in [0.1, 0.15) is 6.10 Å². The quantitative estimate of drug-likeness (QED) is 0.509. The highest BCUT2D eigenvalue weighted by molar-refractivity contribution is 7.91. The molecule has 0 aliphatic rings. The van der Waals surface area contributed by atoms with E-state index < -0.39 is 37.2 Å². The van der Waals surface area contributed by atoms with E-state index in [1.165, 1.54) is 31.2 Å². The van der Waals surface area contributed by atoms with Crippen molar-refractivity contribution in [3.63, 3.8) is 0 Å². The first kappa shape index (κ1) is 20.8. The van der Waals surface area contributed by atoms with Gasteiger partial charge in [-0.25, -0.2) is 21.6 Å². The van der Waals surface area contributed by atoms with Gasteiger partial charge in [-0.15, -0.1) is 4.41 Å². The first-order valence-electron chi connectivity index (χ1n) is 6.64. The minimum atomic E-state index is -4.28. The first-order chi connectivity index (χ1) is 11.2. The van der Waals surface area contributed by atoms with E-state index >= 15 is 0 Å². The number of carbonyl (C=O) groups is 1. The number of non-ortho nitro benzene ring substituents is 1. The fourth-order valence-corrected chi connectivity index (χ4v) is 3.52. The third-order valence-electron chi connectivity index (χ3n) is 3.06. The molecule has 0 heterocycles. The van der Waals surface area contributed by atoms with Crippen LogP contribution in [0.25, 0.3) is 0 Å². The number of sulfonamides is 2. The molecule has 0 spiro atoms. The van der Waals surface area contributed by atoms with Crippen LogP contribution >= 0.6 is 0 Å². The number of amides is 1. The van der Waals surface area contributed by atoms with Crippen LogP contribution in [0.2, 0.25) is 0 Å². The van der Waals surface area contributed by atoms with Gasteiger partial charge in [0.2, 0.25) is 10.0 Å². The van der Waals surface area contributed by atoms with Gasteiger partial charge >= 0.3 is 6.09 Å². The summed E-state index contributed by atoms with van der Waals surface area (Å²) >= 11 is 0. The van der Waals surface area contributed by atoms with Gasteiger partial charge in [0.25, 0.3) is 15.7 Å². The Kier molecular flexibility index (Phi) is 6.09. The van der Waals surface area contributed by atoms with Crippen LogP contribution in [0.3, 0.4) is 0 Å². The summed E-state index contributed by atoms with van der Waals surface area (Å²) in [6.45, 7) is 1.40. The lowest BCUT2D eigenvalue weighted by molar-refractivity contribution is -0.384. The number of hydrogen-bond donors (Lipinski definition) is 0. The summed E-state index contributed by atoms with van der Waals surface area (Å²) in [7, 11) is -7.43. The van der Waals surface area contributed by atoms with E-state index in [-0.39, 0.29) is 14.5 Å². The highest BCUT2D eigenvalue weighted by atomic mass is 32.2. The number of hydrogen-bond acceptors (Lipinski definition) is 8. The van der Waals surface area contributed by atoms with Crippen LogP contribution in [-0.4, -0.2) is 56.2 Å². The Morgan fingerprint density at radius 2 is 1.60 bits per heavy atom. The SMILES string of the molecule is CC(OC(=O)N(N(C)S(C)(=O)=O)S(C)(=O)=O)c1ccc([N+](=O)[O-])cc1. The van der Waals surface area contributed by atoms with Crippen molar-refractivity contribution in [1.29, 1.82) is 0 Å². The van der Waals surface area contributed by atoms with E-state index in [4.69, 9.17) is 4.74 Å². The van der Waals surface area contributed by atoms with Gasteiger partial charge in [0, 0.05) is 19.2 Å². The zero-order valence-corrected chi connectivity index (χ0v) is 15.4. The largest absolute Gasteiger partial charge is 0.440 e. The molecule has 0 radical (unpaired) electrons. The summed E-state index contributed by atoms with van der Waals surface area (Å²) in [5, 5.41) is 10.6. The minimum absolute atomic E-state index is 0.0236. The maximum absolute atomic E-state index is 12.1. The average Bonchev–Trinajstić information content (AvgIpc) is 2.44. The van der Waals surface area contributed by atoms with Gasteiger partial charge in [-0.2, -0.15) is 0 Å². The lowest BCUT2D eigenvalue weighted by Gasteiger charge is -2.28. The summed E-state index contributed by atoms with van der Waals surface area (Å²) in [6, 6.07) is 5.05. The molecule has 11 nitrogen and oxygen atoms in total. The summed E-state index contributed by atoms with van der Waals surface area (Å²) in [4.78, 5) is 22.2. The molecule has 1 rings (SSSR count). The molecule has 0 aliphatic carbocycles. The average molecular weight is 395 g/mol. The number of nitro groups is 1. The van der Waals surface area contributed by atoms with Crippen LogP contribution in [0.5, 0.6) is 0 Å². The van der Waals surface area contributed by atoms with Gasteiger partial charge in [-0.1, -0.05) is 4.41 Å². The highest BCUT2D eigenvalue weighted by Crippen LogP contribution is 2.22. The third kappa shape index (κ3) is 5.37. The van der Waals surface area contributed by atoms with Gasteiger partial charge < -0.3 is 4.74 Å². The lowest BCUT2D eigenvalue weighted by Crippen LogP contribution is -2.50. The van der Waals surface area contributed by atoms with Gasteiger partial charge in [-0.05, 0) is 24.6 Å². The van der Waals surface area contributed by atoms with Crippen LogP contribution in [0.15, 0.2) is 24.3 Å². The molecule has 1 aromatic rings.